The molecule has 0 aliphatic rings. The Morgan fingerprint density at radius 2 is 2.12 bits per heavy atom. The molecule has 1 rings (SSSR count). The average Bonchev–Trinajstić information content (AvgIpc) is 2.27. The number of hydrogen-bond acceptors (Lipinski definition) is 3. The number of likely N-dealkylation sites (N-methyl/N-ethyl adjacent to an activating group) is 1. The fourth-order valence-corrected chi connectivity index (χ4v) is 1.28. The number of ether oxygens (including phenoxy) is 1. The van der Waals surface area contributed by atoms with Crippen LogP contribution >= 0.6 is 0 Å². The SMILES string of the molecule is COc1ccc(C(=O)N(C)CC(=O)O)c(F)c1. The highest BCUT2D eigenvalue weighted by molar-refractivity contribution is 5.96. The number of halogens is 1. The molecule has 0 radical (unpaired) electrons. The summed E-state index contributed by atoms with van der Waals surface area (Å²) in [5.74, 6) is -2.30. The van der Waals surface area contributed by atoms with E-state index in [2.05, 4.69) is 0 Å². The standard InChI is InChI=1S/C11H12FNO4/c1-13(6-10(14)15)11(16)8-4-3-7(17-2)5-9(8)12/h3-5H,6H2,1-2H3,(H,14,15). The third kappa shape index (κ3) is 3.17. The van der Waals surface area contributed by atoms with Crippen molar-refractivity contribution in [2.45, 2.75) is 0 Å². The molecule has 1 aromatic carbocycles. The molecule has 0 bridgehead atoms. The molecule has 0 saturated heterocycles. The number of nitrogens with zero attached hydrogens (tertiary/aromatic N) is 1. The number of benzene rings is 1. The van der Waals surface area contributed by atoms with Crippen LogP contribution in [0.15, 0.2) is 18.2 Å². The van der Waals surface area contributed by atoms with Crippen LogP contribution in [0, 0.1) is 5.82 Å². The smallest absolute Gasteiger partial charge is 0.323 e. The molecule has 0 aliphatic heterocycles. The van der Waals surface area contributed by atoms with Crippen LogP contribution in [0.5, 0.6) is 5.75 Å². The minimum Gasteiger partial charge on any atom is -0.497 e. The highest BCUT2D eigenvalue weighted by atomic mass is 19.1. The molecule has 6 heteroatoms. The van der Waals surface area contributed by atoms with Crippen LogP contribution in [0.4, 0.5) is 4.39 Å². The summed E-state index contributed by atoms with van der Waals surface area (Å²) in [7, 11) is 2.67. The lowest BCUT2D eigenvalue weighted by atomic mass is 10.2. The molecule has 5 nitrogen and oxygen atoms in total. The summed E-state index contributed by atoms with van der Waals surface area (Å²) in [6, 6.07) is 3.77. The highest BCUT2D eigenvalue weighted by Gasteiger charge is 2.18. The number of carbonyl (C=O) groups is 2. The van der Waals surface area contributed by atoms with Crippen molar-refractivity contribution in [2.24, 2.45) is 0 Å². The topological polar surface area (TPSA) is 66.8 Å². The van der Waals surface area contributed by atoms with Gasteiger partial charge in [0.15, 0.2) is 0 Å². The molecule has 0 heterocycles. The van der Waals surface area contributed by atoms with Crippen molar-refractivity contribution < 1.29 is 23.8 Å². The van der Waals surface area contributed by atoms with Crippen LogP contribution in [0.3, 0.4) is 0 Å². The van der Waals surface area contributed by atoms with Gasteiger partial charge in [-0.3, -0.25) is 9.59 Å². The molecule has 17 heavy (non-hydrogen) atoms. The molecule has 0 fully saturated rings. The summed E-state index contributed by atoms with van der Waals surface area (Å²) in [4.78, 5) is 23.0. The van der Waals surface area contributed by atoms with Crippen LogP contribution in [0.25, 0.3) is 0 Å². The van der Waals surface area contributed by atoms with Gasteiger partial charge in [-0.05, 0) is 12.1 Å². The first-order valence-electron chi connectivity index (χ1n) is 4.76. The second kappa shape index (κ2) is 5.29. The van der Waals surface area contributed by atoms with Crippen molar-refractivity contribution in [3.8, 4) is 5.75 Å². The van der Waals surface area contributed by atoms with Gasteiger partial charge in [-0.15, -0.1) is 0 Å². The second-order valence-corrected chi connectivity index (χ2v) is 3.40. The van der Waals surface area contributed by atoms with Gasteiger partial charge >= 0.3 is 5.97 Å². The number of methoxy groups -OCH3 is 1. The van der Waals surface area contributed by atoms with Crippen molar-refractivity contribution in [1.29, 1.82) is 0 Å². The third-order valence-electron chi connectivity index (χ3n) is 2.13. The Balaban J connectivity index is 2.92. The van der Waals surface area contributed by atoms with Crippen LogP contribution in [-0.2, 0) is 4.79 Å². The summed E-state index contributed by atoms with van der Waals surface area (Å²) < 4.78 is 18.3. The first-order valence-corrected chi connectivity index (χ1v) is 4.76. The molecule has 0 atom stereocenters. The maximum Gasteiger partial charge on any atom is 0.323 e. The molecule has 1 aromatic rings. The lowest BCUT2D eigenvalue weighted by Gasteiger charge is -2.15. The van der Waals surface area contributed by atoms with E-state index in [1.54, 1.807) is 0 Å². The van der Waals surface area contributed by atoms with Crippen LogP contribution in [-0.4, -0.2) is 42.6 Å². The number of carboxylic acid groups (broad SMARTS) is 1. The normalized spacial score (nSPS) is 9.82. The van der Waals surface area contributed by atoms with E-state index in [0.29, 0.717) is 5.75 Å². The fraction of sp³-hybridized carbons (Fsp3) is 0.273. The van der Waals surface area contributed by atoms with Crippen molar-refractivity contribution >= 4 is 11.9 Å². The Morgan fingerprint density at radius 3 is 2.59 bits per heavy atom. The van der Waals surface area contributed by atoms with E-state index in [4.69, 9.17) is 9.84 Å². The predicted octanol–water partition coefficient (Wildman–Crippen LogP) is 0.991. The zero-order valence-corrected chi connectivity index (χ0v) is 9.44. The molecule has 92 valence electrons. The summed E-state index contributed by atoms with van der Waals surface area (Å²) in [5, 5.41) is 8.52. The van der Waals surface area contributed by atoms with Crippen molar-refractivity contribution in [2.75, 3.05) is 20.7 Å². The van der Waals surface area contributed by atoms with Gasteiger partial charge in [-0.2, -0.15) is 0 Å². The molecule has 0 aromatic heterocycles. The predicted molar refractivity (Wildman–Crippen MR) is 57.5 cm³/mol. The largest absolute Gasteiger partial charge is 0.497 e. The molecule has 0 spiro atoms. The first kappa shape index (κ1) is 13.0. The molecular weight excluding hydrogens is 229 g/mol. The van der Waals surface area contributed by atoms with Gasteiger partial charge in [0.25, 0.3) is 5.91 Å². The summed E-state index contributed by atoms with van der Waals surface area (Å²) >= 11 is 0. The number of amides is 1. The Morgan fingerprint density at radius 1 is 1.47 bits per heavy atom. The average molecular weight is 241 g/mol. The second-order valence-electron chi connectivity index (χ2n) is 3.40. The van der Waals surface area contributed by atoms with Gasteiger partial charge < -0.3 is 14.7 Å². The summed E-state index contributed by atoms with van der Waals surface area (Å²) in [6.07, 6.45) is 0. The number of carboxylic acids is 1. The number of rotatable bonds is 4. The molecule has 1 amide bonds. The van der Waals surface area contributed by atoms with Gasteiger partial charge in [0.2, 0.25) is 0 Å². The zero-order valence-electron chi connectivity index (χ0n) is 9.44. The maximum absolute atomic E-state index is 13.5. The number of aliphatic carboxylic acids is 1. The van der Waals surface area contributed by atoms with Crippen molar-refractivity contribution in [1.82, 2.24) is 4.90 Å². The van der Waals surface area contributed by atoms with Gasteiger partial charge in [0, 0.05) is 13.1 Å². The van der Waals surface area contributed by atoms with Gasteiger partial charge in [0.05, 0.1) is 12.7 Å². The van der Waals surface area contributed by atoms with E-state index in [0.717, 1.165) is 11.0 Å². The van der Waals surface area contributed by atoms with Crippen molar-refractivity contribution in [3.05, 3.63) is 29.6 Å². The third-order valence-corrected chi connectivity index (χ3v) is 2.13. The molecule has 0 unspecified atom stereocenters. The van der Waals surface area contributed by atoms with E-state index in [9.17, 15) is 14.0 Å². The lowest BCUT2D eigenvalue weighted by Crippen LogP contribution is -2.32. The van der Waals surface area contributed by atoms with E-state index >= 15 is 0 Å². The molecule has 1 N–H and O–H groups in total. The first-order chi connectivity index (χ1) is 7.95. The quantitative estimate of drug-likeness (QED) is 0.853. The van der Waals surface area contributed by atoms with Crippen LogP contribution < -0.4 is 4.74 Å². The van der Waals surface area contributed by atoms with E-state index < -0.39 is 24.2 Å². The van der Waals surface area contributed by atoms with Gasteiger partial charge in [0.1, 0.15) is 18.1 Å². The van der Waals surface area contributed by atoms with E-state index in [1.165, 1.54) is 26.3 Å². The summed E-state index contributed by atoms with van der Waals surface area (Å²) in [5.41, 5.74) is -0.186. The number of carbonyl (C=O) groups excluding carboxylic acids is 1. The molecular formula is C11H12FNO4. The Labute approximate surface area is 97.4 Å². The zero-order chi connectivity index (χ0) is 13.0. The summed E-state index contributed by atoms with van der Waals surface area (Å²) in [6.45, 7) is -0.482. The molecule has 0 saturated carbocycles. The molecule has 0 aliphatic carbocycles. The van der Waals surface area contributed by atoms with E-state index in [-0.39, 0.29) is 5.56 Å². The fourth-order valence-electron chi connectivity index (χ4n) is 1.28. The van der Waals surface area contributed by atoms with E-state index in [1.807, 2.05) is 0 Å². The minimum atomic E-state index is -1.16. The lowest BCUT2D eigenvalue weighted by molar-refractivity contribution is -0.137. The maximum atomic E-state index is 13.5. The van der Waals surface area contributed by atoms with Gasteiger partial charge in [-0.1, -0.05) is 0 Å². The Bertz CT molecular complexity index is 447. The van der Waals surface area contributed by atoms with Crippen molar-refractivity contribution in [3.63, 3.8) is 0 Å². The van der Waals surface area contributed by atoms with Gasteiger partial charge in [-0.25, -0.2) is 4.39 Å². The Kier molecular flexibility index (Phi) is 4.03. The van der Waals surface area contributed by atoms with Crippen LogP contribution in [0.1, 0.15) is 10.4 Å². The monoisotopic (exact) mass is 241 g/mol. The minimum absolute atomic E-state index is 0.186. The van der Waals surface area contributed by atoms with Crippen LogP contribution in [0.2, 0.25) is 0 Å². The Hall–Kier alpha value is -2.11. The highest BCUT2D eigenvalue weighted by Crippen LogP contribution is 2.17. The number of hydrogen-bond donors (Lipinski definition) is 1.